The van der Waals surface area contributed by atoms with E-state index in [-0.39, 0.29) is 5.82 Å². The van der Waals surface area contributed by atoms with Crippen LogP contribution in [0.2, 0.25) is 0 Å². The highest BCUT2D eigenvalue weighted by Crippen LogP contribution is 2.19. The van der Waals surface area contributed by atoms with Crippen molar-refractivity contribution in [1.82, 2.24) is 5.32 Å². The number of halogens is 1. The van der Waals surface area contributed by atoms with Gasteiger partial charge in [0, 0.05) is 19.8 Å². The molecule has 1 N–H and O–H groups in total. The number of rotatable bonds is 10. The Hall–Kier alpha value is -0.930. The van der Waals surface area contributed by atoms with Gasteiger partial charge in [-0.25, -0.2) is 4.39 Å². The molecule has 0 amide bonds. The first-order valence-electron chi connectivity index (χ1n) is 7.67. The lowest BCUT2D eigenvalue weighted by Crippen LogP contribution is -2.26. The van der Waals surface area contributed by atoms with E-state index in [9.17, 15) is 4.39 Å². The van der Waals surface area contributed by atoms with Gasteiger partial charge in [-0.15, -0.1) is 0 Å². The van der Waals surface area contributed by atoms with E-state index in [1.54, 1.807) is 0 Å². The Morgan fingerprint density at radius 1 is 1.10 bits per heavy atom. The summed E-state index contributed by atoms with van der Waals surface area (Å²) < 4.78 is 18.6. The van der Waals surface area contributed by atoms with Gasteiger partial charge in [0.2, 0.25) is 0 Å². The minimum atomic E-state index is -0.176. The molecule has 0 saturated carbocycles. The van der Waals surface area contributed by atoms with Crippen LogP contribution >= 0.6 is 0 Å². The molecule has 0 radical (unpaired) electrons. The molecule has 1 aromatic rings. The van der Waals surface area contributed by atoms with Crippen molar-refractivity contribution in [1.29, 1.82) is 0 Å². The van der Waals surface area contributed by atoms with Crippen molar-refractivity contribution in [3.8, 4) is 0 Å². The van der Waals surface area contributed by atoms with Crippen LogP contribution in [0.25, 0.3) is 0 Å². The molecular formula is C17H28FNO. The molecule has 0 aliphatic carbocycles. The Balaban J connectivity index is 2.51. The minimum Gasteiger partial charge on any atom is -0.381 e. The summed E-state index contributed by atoms with van der Waals surface area (Å²) in [5.74, 6) is 0.844. The largest absolute Gasteiger partial charge is 0.381 e. The molecule has 0 aromatic heterocycles. The SMILES string of the molecule is CCCOCCC(CNCC(C)C)c1ccc(F)cc1. The molecule has 114 valence electrons. The van der Waals surface area contributed by atoms with Crippen LogP contribution in [-0.2, 0) is 4.74 Å². The van der Waals surface area contributed by atoms with Crippen LogP contribution in [-0.4, -0.2) is 26.3 Å². The first-order valence-corrected chi connectivity index (χ1v) is 7.67. The van der Waals surface area contributed by atoms with E-state index in [4.69, 9.17) is 4.74 Å². The van der Waals surface area contributed by atoms with E-state index in [1.807, 2.05) is 12.1 Å². The summed E-state index contributed by atoms with van der Waals surface area (Å²) in [5.41, 5.74) is 1.18. The van der Waals surface area contributed by atoms with Crippen LogP contribution in [0.15, 0.2) is 24.3 Å². The normalized spacial score (nSPS) is 12.8. The molecule has 0 saturated heterocycles. The zero-order valence-electron chi connectivity index (χ0n) is 13.0. The van der Waals surface area contributed by atoms with Crippen LogP contribution in [0, 0.1) is 11.7 Å². The lowest BCUT2D eigenvalue weighted by molar-refractivity contribution is 0.127. The van der Waals surface area contributed by atoms with Gasteiger partial charge >= 0.3 is 0 Å². The van der Waals surface area contributed by atoms with Gasteiger partial charge in [-0.1, -0.05) is 32.9 Å². The van der Waals surface area contributed by atoms with Crippen molar-refractivity contribution in [3.63, 3.8) is 0 Å². The predicted octanol–water partition coefficient (Wildman–Crippen LogP) is 3.97. The fourth-order valence-electron chi connectivity index (χ4n) is 2.14. The molecule has 0 spiro atoms. The van der Waals surface area contributed by atoms with Gasteiger partial charge in [0.15, 0.2) is 0 Å². The summed E-state index contributed by atoms with van der Waals surface area (Å²) in [7, 11) is 0. The number of hydrogen-bond donors (Lipinski definition) is 1. The van der Waals surface area contributed by atoms with Gasteiger partial charge in [-0.3, -0.25) is 0 Å². The van der Waals surface area contributed by atoms with Gasteiger partial charge in [-0.2, -0.15) is 0 Å². The van der Waals surface area contributed by atoms with Crippen molar-refractivity contribution in [3.05, 3.63) is 35.6 Å². The van der Waals surface area contributed by atoms with Crippen molar-refractivity contribution < 1.29 is 9.13 Å². The smallest absolute Gasteiger partial charge is 0.123 e. The second-order valence-electron chi connectivity index (χ2n) is 5.70. The van der Waals surface area contributed by atoms with Gasteiger partial charge < -0.3 is 10.1 Å². The third-order valence-corrected chi connectivity index (χ3v) is 3.24. The molecule has 1 unspecified atom stereocenters. The first-order chi connectivity index (χ1) is 9.63. The third kappa shape index (κ3) is 7.01. The van der Waals surface area contributed by atoms with Crippen molar-refractivity contribution in [2.45, 2.75) is 39.5 Å². The number of benzene rings is 1. The lowest BCUT2D eigenvalue weighted by Gasteiger charge is -2.19. The molecule has 0 fully saturated rings. The number of ether oxygens (including phenoxy) is 1. The Labute approximate surface area is 122 Å². The Morgan fingerprint density at radius 3 is 2.40 bits per heavy atom. The summed E-state index contributed by atoms with van der Waals surface area (Å²) in [5, 5.41) is 3.49. The zero-order chi connectivity index (χ0) is 14.8. The van der Waals surface area contributed by atoms with E-state index in [0.29, 0.717) is 11.8 Å². The second kappa shape index (κ2) is 9.89. The maximum absolute atomic E-state index is 13.0. The molecule has 20 heavy (non-hydrogen) atoms. The second-order valence-corrected chi connectivity index (χ2v) is 5.70. The van der Waals surface area contributed by atoms with E-state index >= 15 is 0 Å². The Bertz CT molecular complexity index is 351. The van der Waals surface area contributed by atoms with Crippen molar-refractivity contribution >= 4 is 0 Å². The van der Waals surface area contributed by atoms with Gasteiger partial charge in [-0.05, 0) is 48.9 Å². The highest BCUT2D eigenvalue weighted by atomic mass is 19.1. The molecule has 0 bridgehead atoms. The molecule has 0 aliphatic heterocycles. The van der Waals surface area contributed by atoms with Crippen molar-refractivity contribution in [2.75, 3.05) is 26.3 Å². The van der Waals surface area contributed by atoms with Crippen molar-refractivity contribution in [2.24, 2.45) is 5.92 Å². The molecule has 1 aromatic carbocycles. The average Bonchev–Trinajstić information content (AvgIpc) is 2.42. The summed E-state index contributed by atoms with van der Waals surface area (Å²) in [4.78, 5) is 0. The monoisotopic (exact) mass is 281 g/mol. The van der Waals surface area contributed by atoms with E-state index in [2.05, 4.69) is 26.1 Å². The highest BCUT2D eigenvalue weighted by Gasteiger charge is 2.11. The number of nitrogens with one attached hydrogen (secondary N) is 1. The third-order valence-electron chi connectivity index (χ3n) is 3.24. The summed E-state index contributed by atoms with van der Waals surface area (Å²) in [6.07, 6.45) is 2.02. The first kappa shape index (κ1) is 17.1. The predicted molar refractivity (Wildman–Crippen MR) is 82.6 cm³/mol. The average molecular weight is 281 g/mol. The molecule has 1 rings (SSSR count). The van der Waals surface area contributed by atoms with Gasteiger partial charge in [0.05, 0.1) is 0 Å². The van der Waals surface area contributed by atoms with E-state index in [0.717, 1.165) is 39.1 Å². The zero-order valence-corrected chi connectivity index (χ0v) is 13.0. The van der Waals surface area contributed by atoms with Gasteiger partial charge in [0.25, 0.3) is 0 Å². The quantitative estimate of drug-likeness (QED) is 0.655. The Morgan fingerprint density at radius 2 is 1.80 bits per heavy atom. The summed E-state index contributed by atoms with van der Waals surface area (Å²) in [6, 6.07) is 6.85. The lowest BCUT2D eigenvalue weighted by atomic mass is 9.95. The fourth-order valence-corrected chi connectivity index (χ4v) is 2.14. The van der Waals surface area contributed by atoms with Crippen LogP contribution in [0.1, 0.15) is 45.1 Å². The molecule has 3 heteroatoms. The maximum Gasteiger partial charge on any atom is 0.123 e. The maximum atomic E-state index is 13.0. The fraction of sp³-hybridized carbons (Fsp3) is 0.647. The highest BCUT2D eigenvalue weighted by molar-refractivity contribution is 5.20. The molecule has 1 atom stereocenters. The number of hydrogen-bond acceptors (Lipinski definition) is 2. The van der Waals surface area contributed by atoms with E-state index in [1.165, 1.54) is 17.7 Å². The van der Waals surface area contributed by atoms with Crippen LogP contribution in [0.5, 0.6) is 0 Å². The van der Waals surface area contributed by atoms with Crippen LogP contribution in [0.3, 0.4) is 0 Å². The standard InChI is InChI=1S/C17H28FNO/c1-4-10-20-11-9-16(13-19-12-14(2)3)15-5-7-17(18)8-6-15/h5-8,14,16,19H,4,9-13H2,1-3H3. The molecule has 0 aliphatic rings. The molecule has 2 nitrogen and oxygen atoms in total. The summed E-state index contributed by atoms with van der Waals surface area (Å²) in [6.45, 7) is 10.0. The van der Waals surface area contributed by atoms with Crippen LogP contribution in [0.4, 0.5) is 4.39 Å². The summed E-state index contributed by atoms with van der Waals surface area (Å²) >= 11 is 0. The van der Waals surface area contributed by atoms with E-state index < -0.39 is 0 Å². The molecular weight excluding hydrogens is 253 g/mol. The van der Waals surface area contributed by atoms with Crippen LogP contribution < -0.4 is 5.32 Å². The molecule has 0 heterocycles. The topological polar surface area (TPSA) is 21.3 Å². The Kier molecular flexibility index (Phi) is 8.47. The van der Waals surface area contributed by atoms with Gasteiger partial charge in [0.1, 0.15) is 5.82 Å². The minimum absolute atomic E-state index is 0.176.